The van der Waals surface area contributed by atoms with Crippen molar-refractivity contribution < 1.29 is 14.6 Å². The number of hydrogen-bond donors (Lipinski definition) is 2. The average molecular weight is 303 g/mol. The molecule has 0 spiro atoms. The average Bonchev–Trinajstić information content (AvgIpc) is 2.96. The van der Waals surface area contributed by atoms with Crippen molar-refractivity contribution in [2.24, 2.45) is 0 Å². The van der Waals surface area contributed by atoms with Gasteiger partial charge in [-0.15, -0.1) is 11.3 Å². The molecule has 0 bridgehead atoms. The van der Waals surface area contributed by atoms with Gasteiger partial charge in [0.2, 0.25) is 0 Å². The molecule has 0 saturated carbocycles. The number of aryl methyl sites for hydroxylation is 1. The number of phenols is 1. The molecule has 1 heterocycles. The van der Waals surface area contributed by atoms with Crippen LogP contribution in [0.25, 0.3) is 0 Å². The van der Waals surface area contributed by atoms with E-state index in [1.807, 2.05) is 0 Å². The van der Waals surface area contributed by atoms with Crippen LogP contribution in [0.15, 0.2) is 29.6 Å². The molecule has 4 nitrogen and oxygen atoms in total. The number of methoxy groups -OCH3 is 1. The zero-order chi connectivity index (χ0) is 14.8. The van der Waals surface area contributed by atoms with E-state index in [0.29, 0.717) is 11.3 Å². The molecule has 0 fully saturated rings. The maximum atomic E-state index is 12.3. The van der Waals surface area contributed by atoms with Crippen LogP contribution in [-0.2, 0) is 6.42 Å². The van der Waals surface area contributed by atoms with Gasteiger partial charge in [0.25, 0.3) is 5.91 Å². The Labute approximate surface area is 127 Å². The van der Waals surface area contributed by atoms with Gasteiger partial charge in [0.1, 0.15) is 0 Å². The summed E-state index contributed by atoms with van der Waals surface area (Å²) in [5, 5.41) is 14.9. The van der Waals surface area contributed by atoms with Gasteiger partial charge >= 0.3 is 0 Å². The van der Waals surface area contributed by atoms with Crippen LogP contribution >= 0.6 is 11.3 Å². The Bertz CT molecular complexity index is 665. The molecule has 1 unspecified atom stereocenters. The lowest BCUT2D eigenvalue weighted by atomic mass is 9.94. The second-order valence-electron chi connectivity index (χ2n) is 5.10. The summed E-state index contributed by atoms with van der Waals surface area (Å²) in [4.78, 5) is 13.7. The monoisotopic (exact) mass is 303 g/mol. The molecule has 1 aliphatic carbocycles. The number of fused-ring (bicyclic) bond motifs is 1. The van der Waals surface area contributed by atoms with E-state index in [9.17, 15) is 9.90 Å². The Hall–Kier alpha value is -2.01. The minimum absolute atomic E-state index is 0.0231. The predicted octanol–water partition coefficient (Wildman–Crippen LogP) is 3.27. The smallest absolute Gasteiger partial charge is 0.251 e. The second kappa shape index (κ2) is 5.77. The quantitative estimate of drug-likeness (QED) is 0.915. The lowest BCUT2D eigenvalue weighted by Crippen LogP contribution is -2.30. The summed E-state index contributed by atoms with van der Waals surface area (Å²) in [6.45, 7) is 0. The van der Waals surface area contributed by atoms with E-state index in [-0.39, 0.29) is 17.7 Å². The van der Waals surface area contributed by atoms with E-state index in [2.05, 4.69) is 16.8 Å². The summed E-state index contributed by atoms with van der Waals surface area (Å²) in [6.07, 6.45) is 3.15. The number of hydrogen-bond acceptors (Lipinski definition) is 4. The molecular formula is C16H17NO3S. The Kier molecular flexibility index (Phi) is 3.84. The molecule has 3 rings (SSSR count). The lowest BCUT2D eigenvalue weighted by molar-refractivity contribution is 0.0932. The molecule has 1 atom stereocenters. The fraction of sp³-hybridized carbons (Fsp3) is 0.312. The molecule has 0 aliphatic heterocycles. The largest absolute Gasteiger partial charge is 0.504 e. The fourth-order valence-electron chi connectivity index (χ4n) is 2.71. The standard InChI is InChI=1S/C16H17NO3S/c1-20-14-6-5-10(9-13(14)18)16(19)17-12-3-2-4-15-11(12)7-8-21-15/h5-9,12,18H,2-4H2,1H3,(H,17,19). The van der Waals surface area contributed by atoms with Crippen LogP contribution in [0, 0.1) is 0 Å². The van der Waals surface area contributed by atoms with E-state index < -0.39 is 0 Å². The summed E-state index contributed by atoms with van der Waals surface area (Å²) < 4.78 is 4.99. The topological polar surface area (TPSA) is 58.6 Å². The number of nitrogens with one attached hydrogen (secondary N) is 1. The Morgan fingerprint density at radius 3 is 3.05 bits per heavy atom. The van der Waals surface area contributed by atoms with Gasteiger partial charge in [-0.25, -0.2) is 0 Å². The highest BCUT2D eigenvalue weighted by molar-refractivity contribution is 7.10. The fourth-order valence-corrected chi connectivity index (χ4v) is 3.70. The molecule has 1 aromatic heterocycles. The number of rotatable bonds is 3. The number of ether oxygens (including phenoxy) is 1. The number of carbonyl (C=O) groups excluding carboxylic acids is 1. The van der Waals surface area contributed by atoms with Gasteiger partial charge in [-0.2, -0.15) is 0 Å². The second-order valence-corrected chi connectivity index (χ2v) is 6.10. The summed E-state index contributed by atoms with van der Waals surface area (Å²) >= 11 is 1.75. The predicted molar refractivity (Wildman–Crippen MR) is 82.1 cm³/mol. The maximum Gasteiger partial charge on any atom is 0.251 e. The van der Waals surface area contributed by atoms with Crippen molar-refractivity contribution in [1.82, 2.24) is 5.32 Å². The number of benzene rings is 1. The van der Waals surface area contributed by atoms with Gasteiger partial charge in [-0.3, -0.25) is 4.79 Å². The van der Waals surface area contributed by atoms with Crippen LogP contribution in [0.2, 0.25) is 0 Å². The minimum Gasteiger partial charge on any atom is -0.504 e. The van der Waals surface area contributed by atoms with Gasteiger partial charge in [-0.05, 0) is 54.5 Å². The van der Waals surface area contributed by atoms with Crippen molar-refractivity contribution in [2.45, 2.75) is 25.3 Å². The highest BCUT2D eigenvalue weighted by Gasteiger charge is 2.23. The van der Waals surface area contributed by atoms with E-state index in [0.717, 1.165) is 19.3 Å². The Balaban J connectivity index is 1.77. The highest BCUT2D eigenvalue weighted by Crippen LogP contribution is 2.33. The Morgan fingerprint density at radius 1 is 1.43 bits per heavy atom. The zero-order valence-electron chi connectivity index (χ0n) is 11.8. The third-order valence-corrected chi connectivity index (χ3v) is 4.79. The minimum atomic E-state index is -0.169. The van der Waals surface area contributed by atoms with Crippen molar-refractivity contribution in [1.29, 1.82) is 0 Å². The first-order valence-corrected chi connectivity index (χ1v) is 7.81. The van der Waals surface area contributed by atoms with E-state index in [1.165, 1.54) is 23.6 Å². The van der Waals surface area contributed by atoms with Crippen LogP contribution in [0.5, 0.6) is 11.5 Å². The molecule has 2 aromatic rings. The first kappa shape index (κ1) is 13.9. The van der Waals surface area contributed by atoms with Gasteiger partial charge in [0.05, 0.1) is 13.2 Å². The van der Waals surface area contributed by atoms with Gasteiger partial charge in [0, 0.05) is 10.4 Å². The first-order valence-electron chi connectivity index (χ1n) is 6.93. The molecule has 110 valence electrons. The molecular weight excluding hydrogens is 286 g/mol. The molecule has 0 radical (unpaired) electrons. The van der Waals surface area contributed by atoms with Crippen molar-refractivity contribution in [3.8, 4) is 11.5 Å². The van der Waals surface area contributed by atoms with Gasteiger partial charge in [0.15, 0.2) is 11.5 Å². The SMILES string of the molecule is COc1ccc(C(=O)NC2CCCc3sccc32)cc1O. The summed E-state index contributed by atoms with van der Waals surface area (Å²) in [5.74, 6) is 0.173. The highest BCUT2D eigenvalue weighted by atomic mass is 32.1. The summed E-state index contributed by atoms with van der Waals surface area (Å²) in [7, 11) is 1.48. The zero-order valence-corrected chi connectivity index (χ0v) is 12.6. The number of phenolic OH excluding ortho intramolecular Hbond substituents is 1. The van der Waals surface area contributed by atoms with E-state index in [4.69, 9.17) is 4.74 Å². The van der Waals surface area contributed by atoms with Gasteiger partial charge in [-0.1, -0.05) is 0 Å². The van der Waals surface area contributed by atoms with Crippen LogP contribution < -0.4 is 10.1 Å². The third kappa shape index (κ3) is 2.74. The molecule has 21 heavy (non-hydrogen) atoms. The number of thiophene rings is 1. The Morgan fingerprint density at radius 2 is 2.29 bits per heavy atom. The van der Waals surface area contributed by atoms with Gasteiger partial charge < -0.3 is 15.2 Å². The summed E-state index contributed by atoms with van der Waals surface area (Å²) in [5.41, 5.74) is 1.67. The first-order chi connectivity index (χ1) is 10.2. The van der Waals surface area contributed by atoms with Crippen molar-refractivity contribution >= 4 is 17.2 Å². The molecule has 1 aliphatic rings. The third-order valence-electron chi connectivity index (χ3n) is 3.80. The number of aromatic hydroxyl groups is 1. The van der Waals surface area contributed by atoms with Crippen molar-refractivity contribution in [3.63, 3.8) is 0 Å². The van der Waals surface area contributed by atoms with Crippen molar-refractivity contribution in [3.05, 3.63) is 45.6 Å². The lowest BCUT2D eigenvalue weighted by Gasteiger charge is -2.23. The van der Waals surface area contributed by atoms with Crippen LogP contribution in [0.4, 0.5) is 0 Å². The number of amides is 1. The van der Waals surface area contributed by atoms with Crippen LogP contribution in [0.1, 0.15) is 39.7 Å². The normalized spacial score (nSPS) is 17.1. The molecule has 1 aromatic carbocycles. The summed E-state index contributed by atoms with van der Waals surface area (Å²) in [6, 6.07) is 6.85. The van der Waals surface area contributed by atoms with Crippen LogP contribution in [0.3, 0.4) is 0 Å². The van der Waals surface area contributed by atoms with Crippen LogP contribution in [-0.4, -0.2) is 18.1 Å². The molecule has 5 heteroatoms. The van der Waals surface area contributed by atoms with E-state index >= 15 is 0 Å². The molecule has 1 amide bonds. The molecule has 2 N–H and O–H groups in total. The molecule has 0 saturated heterocycles. The maximum absolute atomic E-state index is 12.3. The van der Waals surface area contributed by atoms with Crippen molar-refractivity contribution in [2.75, 3.05) is 7.11 Å². The van der Waals surface area contributed by atoms with E-state index in [1.54, 1.807) is 23.5 Å². The number of carbonyl (C=O) groups is 1.